The fourth-order valence-electron chi connectivity index (χ4n) is 2.72. The Morgan fingerprint density at radius 2 is 2.16 bits per heavy atom. The van der Waals surface area contributed by atoms with Gasteiger partial charge in [-0.25, -0.2) is 4.79 Å². The zero-order valence-electron chi connectivity index (χ0n) is 12.1. The van der Waals surface area contributed by atoms with Gasteiger partial charge in [-0.05, 0) is 46.1 Å². The zero-order chi connectivity index (χ0) is 14.3. The summed E-state index contributed by atoms with van der Waals surface area (Å²) in [5.74, 6) is -0.666. The maximum Gasteiger partial charge on any atom is 0.404 e. The fraction of sp³-hybridized carbons (Fsp3) is 0.786. The molecule has 3 unspecified atom stereocenters. The van der Waals surface area contributed by atoms with E-state index in [2.05, 4.69) is 0 Å². The third kappa shape index (κ3) is 2.92. The Morgan fingerprint density at radius 3 is 2.58 bits per heavy atom. The summed E-state index contributed by atoms with van der Waals surface area (Å²) in [5.41, 5.74) is 5.85. The number of carbonyl (C=O) groups is 1. The van der Waals surface area contributed by atoms with E-state index in [1.807, 2.05) is 33.8 Å². The molecule has 5 heteroatoms. The molecule has 1 fully saturated rings. The molecular formula is C14H23NO4. The van der Waals surface area contributed by atoms with Crippen LogP contribution in [0.2, 0.25) is 0 Å². The molecule has 1 saturated heterocycles. The molecule has 0 aromatic carbocycles. The van der Waals surface area contributed by atoms with Crippen molar-refractivity contribution >= 4 is 6.09 Å². The monoisotopic (exact) mass is 269 g/mol. The van der Waals surface area contributed by atoms with E-state index in [1.165, 1.54) is 0 Å². The van der Waals surface area contributed by atoms with Gasteiger partial charge in [-0.15, -0.1) is 0 Å². The minimum absolute atomic E-state index is 0.0398. The largest absolute Gasteiger partial charge is 0.446 e. The van der Waals surface area contributed by atoms with Gasteiger partial charge in [0, 0.05) is 6.42 Å². The number of hydrogen-bond acceptors (Lipinski definition) is 4. The van der Waals surface area contributed by atoms with Crippen LogP contribution in [0, 0.1) is 0 Å². The lowest BCUT2D eigenvalue weighted by Gasteiger charge is -2.32. The number of ether oxygens (including phenoxy) is 3. The lowest BCUT2D eigenvalue weighted by molar-refractivity contribution is -0.145. The van der Waals surface area contributed by atoms with Gasteiger partial charge >= 0.3 is 6.09 Å². The highest BCUT2D eigenvalue weighted by Gasteiger charge is 2.49. The van der Waals surface area contributed by atoms with Crippen molar-refractivity contribution in [2.45, 2.75) is 70.6 Å². The van der Waals surface area contributed by atoms with Gasteiger partial charge in [-0.2, -0.15) is 0 Å². The summed E-state index contributed by atoms with van der Waals surface area (Å²) in [6.45, 7) is 8.05. The number of rotatable bonds is 2. The van der Waals surface area contributed by atoms with Crippen LogP contribution in [0.4, 0.5) is 4.79 Å². The third-order valence-electron chi connectivity index (χ3n) is 4.07. The van der Waals surface area contributed by atoms with Gasteiger partial charge in [0.05, 0.1) is 11.7 Å². The molecule has 0 aromatic heterocycles. The minimum Gasteiger partial charge on any atom is -0.446 e. The molecule has 0 spiro atoms. The first-order valence-electron chi connectivity index (χ1n) is 6.76. The normalized spacial score (nSPS) is 37.8. The van der Waals surface area contributed by atoms with Gasteiger partial charge in [-0.1, -0.05) is 6.08 Å². The van der Waals surface area contributed by atoms with Crippen LogP contribution in [0.5, 0.6) is 0 Å². The molecule has 2 aliphatic rings. The van der Waals surface area contributed by atoms with Crippen molar-refractivity contribution < 1.29 is 19.0 Å². The topological polar surface area (TPSA) is 70.8 Å². The number of primary amides is 1. The first-order valence-corrected chi connectivity index (χ1v) is 6.76. The van der Waals surface area contributed by atoms with Gasteiger partial charge in [0.1, 0.15) is 6.10 Å². The number of nitrogens with two attached hydrogens (primary N) is 1. The van der Waals surface area contributed by atoms with Gasteiger partial charge in [0.15, 0.2) is 5.79 Å². The molecule has 0 radical (unpaired) electrons. The molecule has 1 amide bonds. The molecule has 1 heterocycles. The lowest BCUT2D eigenvalue weighted by Crippen LogP contribution is -2.35. The summed E-state index contributed by atoms with van der Waals surface area (Å²) in [6, 6.07) is 0. The zero-order valence-corrected chi connectivity index (χ0v) is 12.1. The second kappa shape index (κ2) is 4.80. The molecule has 19 heavy (non-hydrogen) atoms. The molecule has 0 saturated carbocycles. The highest BCUT2D eigenvalue weighted by Crippen LogP contribution is 2.43. The minimum atomic E-state index is -0.712. The van der Waals surface area contributed by atoms with Crippen LogP contribution in [-0.4, -0.2) is 29.7 Å². The van der Waals surface area contributed by atoms with Gasteiger partial charge < -0.3 is 19.9 Å². The number of carbonyl (C=O) groups excluding carboxylic acids is 1. The highest BCUT2D eigenvalue weighted by atomic mass is 16.8. The second-order valence-electron chi connectivity index (χ2n) is 5.97. The average molecular weight is 269 g/mol. The maximum atomic E-state index is 10.7. The van der Waals surface area contributed by atoms with Crippen LogP contribution in [-0.2, 0) is 14.2 Å². The van der Waals surface area contributed by atoms with Crippen LogP contribution in [0.15, 0.2) is 11.6 Å². The quantitative estimate of drug-likeness (QED) is 0.782. The van der Waals surface area contributed by atoms with E-state index in [1.54, 1.807) is 0 Å². The third-order valence-corrected chi connectivity index (χ3v) is 4.07. The predicted octanol–water partition coefficient (Wildman–Crippen LogP) is 2.49. The molecule has 5 nitrogen and oxygen atoms in total. The summed E-state index contributed by atoms with van der Waals surface area (Å²) < 4.78 is 17.1. The average Bonchev–Trinajstić information content (AvgIpc) is 2.48. The molecule has 2 rings (SSSR count). The van der Waals surface area contributed by atoms with Crippen molar-refractivity contribution in [2.24, 2.45) is 5.73 Å². The summed E-state index contributed by atoms with van der Waals surface area (Å²) in [6.07, 6.45) is 3.45. The Hall–Kier alpha value is -1.07. The van der Waals surface area contributed by atoms with Crippen molar-refractivity contribution in [3.05, 3.63) is 11.6 Å². The van der Waals surface area contributed by atoms with Crippen molar-refractivity contribution in [3.8, 4) is 0 Å². The van der Waals surface area contributed by atoms with Crippen LogP contribution in [0.3, 0.4) is 0 Å². The summed E-state index contributed by atoms with van der Waals surface area (Å²) in [4.78, 5) is 10.7. The first kappa shape index (κ1) is 14.3. The fourth-order valence-corrected chi connectivity index (χ4v) is 2.72. The van der Waals surface area contributed by atoms with E-state index in [9.17, 15) is 4.79 Å². The molecule has 0 aromatic rings. The highest BCUT2D eigenvalue weighted by molar-refractivity contribution is 5.64. The van der Waals surface area contributed by atoms with Gasteiger partial charge in [0.25, 0.3) is 0 Å². The van der Waals surface area contributed by atoms with E-state index >= 15 is 0 Å². The summed E-state index contributed by atoms with van der Waals surface area (Å²) in [7, 11) is 0. The predicted molar refractivity (Wildman–Crippen MR) is 70.5 cm³/mol. The Balaban J connectivity index is 2.04. The Labute approximate surface area is 114 Å². The molecule has 2 N–H and O–H groups in total. The Morgan fingerprint density at radius 1 is 1.47 bits per heavy atom. The van der Waals surface area contributed by atoms with Crippen LogP contribution in [0.1, 0.15) is 47.0 Å². The molecule has 0 bridgehead atoms. The first-order chi connectivity index (χ1) is 8.73. The molecular weight excluding hydrogens is 246 g/mol. The standard InChI is InChI=1S/C14H23NO4/c1-9-13(2,3)19-14(4,18-9)10-5-7-11(8-6-10)17-12(15)16/h5,9,11H,6-8H2,1-4H3,(H2,15,16). The lowest BCUT2D eigenvalue weighted by atomic mass is 9.92. The summed E-state index contributed by atoms with van der Waals surface area (Å²) in [5, 5.41) is 0. The van der Waals surface area contributed by atoms with Crippen LogP contribution in [0.25, 0.3) is 0 Å². The number of amides is 1. The van der Waals surface area contributed by atoms with Gasteiger partial charge in [-0.3, -0.25) is 0 Å². The Kier molecular flexibility index (Phi) is 3.62. The van der Waals surface area contributed by atoms with E-state index in [0.717, 1.165) is 18.4 Å². The molecule has 3 atom stereocenters. The van der Waals surface area contributed by atoms with Crippen LogP contribution < -0.4 is 5.73 Å². The smallest absolute Gasteiger partial charge is 0.404 e. The van der Waals surface area contributed by atoms with Crippen molar-refractivity contribution in [2.75, 3.05) is 0 Å². The van der Waals surface area contributed by atoms with Crippen LogP contribution >= 0.6 is 0 Å². The van der Waals surface area contributed by atoms with Gasteiger partial charge in [0.2, 0.25) is 0 Å². The molecule has 1 aliphatic carbocycles. The van der Waals surface area contributed by atoms with E-state index in [4.69, 9.17) is 19.9 Å². The van der Waals surface area contributed by atoms with E-state index < -0.39 is 11.9 Å². The van der Waals surface area contributed by atoms with Crippen molar-refractivity contribution in [1.82, 2.24) is 0 Å². The van der Waals surface area contributed by atoms with E-state index in [-0.39, 0.29) is 17.8 Å². The SMILES string of the molecule is CC1OC(C)(C2=CCC(OC(N)=O)CC2)OC1(C)C. The summed E-state index contributed by atoms with van der Waals surface area (Å²) >= 11 is 0. The van der Waals surface area contributed by atoms with Crippen molar-refractivity contribution in [3.63, 3.8) is 0 Å². The van der Waals surface area contributed by atoms with Crippen molar-refractivity contribution in [1.29, 1.82) is 0 Å². The Bertz CT molecular complexity index is 404. The maximum absolute atomic E-state index is 10.7. The number of hydrogen-bond donors (Lipinski definition) is 1. The second-order valence-corrected chi connectivity index (χ2v) is 5.97. The molecule has 1 aliphatic heterocycles. The molecule has 108 valence electrons. The van der Waals surface area contributed by atoms with E-state index in [0.29, 0.717) is 6.42 Å².